The third-order valence-corrected chi connectivity index (χ3v) is 7.28. The average molecular weight is 503 g/mol. The first kappa shape index (κ1) is 23.8. The Hall–Kier alpha value is -3.91. The topological polar surface area (TPSA) is 139 Å². The number of nitrogens with zero attached hydrogens (tertiary/aromatic N) is 4. The number of fused-ring (bicyclic) bond motifs is 1. The highest BCUT2D eigenvalue weighted by Crippen LogP contribution is 2.33. The van der Waals surface area contributed by atoms with Crippen LogP contribution in [0.5, 0.6) is 0 Å². The second kappa shape index (κ2) is 9.28. The minimum absolute atomic E-state index is 0.00406. The van der Waals surface area contributed by atoms with Crippen LogP contribution in [0.25, 0.3) is 33.3 Å². The summed E-state index contributed by atoms with van der Waals surface area (Å²) < 4.78 is 38.3. The molecule has 0 bridgehead atoms. The maximum Gasteiger partial charge on any atom is 0.238 e. The van der Waals surface area contributed by atoms with Crippen LogP contribution in [0.1, 0.15) is 18.4 Å². The molecule has 0 amide bonds. The van der Waals surface area contributed by atoms with E-state index in [0.29, 0.717) is 46.8 Å². The molecule has 0 spiro atoms. The third-order valence-electron chi connectivity index (χ3n) is 6.37. The van der Waals surface area contributed by atoms with Crippen molar-refractivity contribution in [3.63, 3.8) is 0 Å². The molecular formula is C26H23FN6O2S. The van der Waals surface area contributed by atoms with Gasteiger partial charge in [0.2, 0.25) is 16.0 Å². The van der Waals surface area contributed by atoms with Crippen molar-refractivity contribution in [1.82, 2.24) is 9.97 Å². The van der Waals surface area contributed by atoms with Gasteiger partial charge in [0.1, 0.15) is 11.9 Å². The molecule has 0 unspecified atom stereocenters. The summed E-state index contributed by atoms with van der Waals surface area (Å²) in [7, 11) is -3.87. The summed E-state index contributed by atoms with van der Waals surface area (Å²) in [6.07, 6.45) is 1.64. The Morgan fingerprint density at radius 3 is 2.39 bits per heavy atom. The molecule has 4 aromatic rings. The lowest BCUT2D eigenvalue weighted by Crippen LogP contribution is -2.40. The van der Waals surface area contributed by atoms with Gasteiger partial charge in [-0.2, -0.15) is 5.26 Å². The highest BCUT2D eigenvalue weighted by atomic mass is 32.2. The van der Waals surface area contributed by atoms with Gasteiger partial charge in [-0.25, -0.2) is 27.9 Å². The maximum atomic E-state index is 14.6. The van der Waals surface area contributed by atoms with E-state index in [4.69, 9.17) is 26.1 Å². The fraction of sp³-hybridized carbons (Fsp3) is 0.192. The summed E-state index contributed by atoms with van der Waals surface area (Å²) in [5.41, 5.74) is 9.05. The number of halogens is 1. The Morgan fingerprint density at radius 2 is 1.69 bits per heavy atom. The Morgan fingerprint density at radius 1 is 0.972 bits per heavy atom. The van der Waals surface area contributed by atoms with Gasteiger partial charge < -0.3 is 10.6 Å². The van der Waals surface area contributed by atoms with E-state index < -0.39 is 15.8 Å². The van der Waals surface area contributed by atoms with E-state index in [0.717, 1.165) is 18.4 Å². The van der Waals surface area contributed by atoms with E-state index in [2.05, 4.69) is 4.90 Å². The van der Waals surface area contributed by atoms with Gasteiger partial charge in [0.05, 0.1) is 21.7 Å². The van der Waals surface area contributed by atoms with E-state index in [9.17, 15) is 12.8 Å². The van der Waals surface area contributed by atoms with Gasteiger partial charge in [0.25, 0.3) is 0 Å². The molecule has 1 aliphatic rings. The fourth-order valence-corrected chi connectivity index (χ4v) is 4.92. The number of sulfonamides is 1. The minimum atomic E-state index is -3.87. The number of aromatic nitrogens is 2. The van der Waals surface area contributed by atoms with Crippen LogP contribution in [0.15, 0.2) is 65.6 Å². The Kier molecular flexibility index (Phi) is 6.14. The summed E-state index contributed by atoms with van der Waals surface area (Å²) in [6.45, 7) is 1.43. The van der Waals surface area contributed by atoms with Crippen LogP contribution in [-0.2, 0) is 10.0 Å². The highest BCUT2D eigenvalue weighted by Gasteiger charge is 2.21. The predicted molar refractivity (Wildman–Crippen MR) is 136 cm³/mol. The first-order valence-corrected chi connectivity index (χ1v) is 12.9. The monoisotopic (exact) mass is 502 g/mol. The number of piperidine rings is 1. The quantitative estimate of drug-likeness (QED) is 0.435. The number of nitrogens with two attached hydrogens (primary N) is 2. The predicted octanol–water partition coefficient (Wildman–Crippen LogP) is 3.55. The fourth-order valence-electron chi connectivity index (χ4n) is 4.36. The van der Waals surface area contributed by atoms with E-state index in [1.165, 1.54) is 24.3 Å². The van der Waals surface area contributed by atoms with Crippen LogP contribution in [0, 0.1) is 17.1 Å². The van der Waals surface area contributed by atoms with E-state index >= 15 is 0 Å². The molecule has 4 N–H and O–H groups in total. The van der Waals surface area contributed by atoms with Crippen molar-refractivity contribution in [2.75, 3.05) is 18.0 Å². The second-order valence-corrected chi connectivity index (χ2v) is 10.4. The molecule has 1 fully saturated rings. The van der Waals surface area contributed by atoms with Crippen molar-refractivity contribution in [3.05, 3.63) is 72.0 Å². The molecule has 0 saturated carbocycles. The van der Waals surface area contributed by atoms with Crippen LogP contribution in [-0.4, -0.2) is 37.5 Å². The number of benzene rings is 3. The number of hydrogen-bond donors (Lipinski definition) is 2. The first-order chi connectivity index (χ1) is 17.2. The lowest BCUT2D eigenvalue weighted by atomic mass is 9.99. The summed E-state index contributed by atoms with van der Waals surface area (Å²) in [6, 6.07) is 18.2. The number of hydrogen-bond acceptors (Lipinski definition) is 7. The largest absolute Gasteiger partial charge is 0.341 e. The minimum Gasteiger partial charge on any atom is -0.341 e. The Bertz CT molecular complexity index is 1630. The zero-order chi connectivity index (χ0) is 25.4. The van der Waals surface area contributed by atoms with Gasteiger partial charge in [-0.05, 0) is 60.4 Å². The van der Waals surface area contributed by atoms with Gasteiger partial charge in [-0.15, -0.1) is 0 Å². The molecule has 0 aliphatic carbocycles. The molecule has 0 atom stereocenters. The van der Waals surface area contributed by atoms with Crippen molar-refractivity contribution in [3.8, 4) is 28.5 Å². The van der Waals surface area contributed by atoms with Gasteiger partial charge in [-0.3, -0.25) is 0 Å². The zero-order valence-electron chi connectivity index (χ0n) is 19.2. The van der Waals surface area contributed by atoms with Crippen molar-refractivity contribution in [2.45, 2.75) is 23.8 Å². The van der Waals surface area contributed by atoms with Crippen molar-refractivity contribution >= 4 is 26.9 Å². The number of nitriles is 1. The summed E-state index contributed by atoms with van der Waals surface area (Å²) in [4.78, 5) is 11.7. The number of anilines is 1. The van der Waals surface area contributed by atoms with Crippen LogP contribution in [0.2, 0.25) is 0 Å². The van der Waals surface area contributed by atoms with Gasteiger partial charge in [-0.1, -0.05) is 24.3 Å². The Balaban J connectivity index is 1.69. The maximum absolute atomic E-state index is 14.6. The standard InChI is InChI=1S/C26H23FN6O2S/c27-23-14-18(4-5-19(23)15-28)25-22-13-17(16-2-1-3-21(12-16)36(30,34)35)6-7-24(22)31-26(32-25)33-10-8-20(29)9-11-33/h1-7,12-14,20H,8-11,29H2,(H2,30,34,35). The normalized spacial score (nSPS) is 14.7. The highest BCUT2D eigenvalue weighted by molar-refractivity contribution is 7.89. The summed E-state index contributed by atoms with van der Waals surface area (Å²) in [5.74, 6) is -0.109. The lowest BCUT2D eigenvalue weighted by molar-refractivity contribution is 0.496. The molecule has 0 radical (unpaired) electrons. The molecule has 36 heavy (non-hydrogen) atoms. The second-order valence-electron chi connectivity index (χ2n) is 8.81. The van der Waals surface area contributed by atoms with E-state index in [1.807, 2.05) is 24.3 Å². The number of rotatable bonds is 4. The van der Waals surface area contributed by atoms with Crippen LogP contribution in [0.4, 0.5) is 10.3 Å². The molecule has 5 rings (SSSR count). The molecule has 3 aromatic carbocycles. The molecule has 1 saturated heterocycles. The number of primary sulfonamides is 1. The molecule has 8 nitrogen and oxygen atoms in total. The van der Waals surface area contributed by atoms with Crippen LogP contribution in [0.3, 0.4) is 0 Å². The lowest BCUT2D eigenvalue weighted by Gasteiger charge is -2.30. The molecule has 1 aromatic heterocycles. The zero-order valence-corrected chi connectivity index (χ0v) is 20.0. The van der Waals surface area contributed by atoms with Gasteiger partial charge in [0, 0.05) is 30.1 Å². The molecule has 2 heterocycles. The van der Waals surface area contributed by atoms with E-state index in [-0.39, 0.29) is 16.5 Å². The summed E-state index contributed by atoms with van der Waals surface area (Å²) >= 11 is 0. The smallest absolute Gasteiger partial charge is 0.238 e. The average Bonchev–Trinajstić information content (AvgIpc) is 2.87. The van der Waals surface area contributed by atoms with Gasteiger partial charge in [0.15, 0.2) is 0 Å². The molecule has 182 valence electrons. The molecule has 1 aliphatic heterocycles. The third kappa shape index (κ3) is 4.64. The first-order valence-electron chi connectivity index (χ1n) is 11.4. The van der Waals surface area contributed by atoms with Crippen LogP contribution >= 0.6 is 0 Å². The van der Waals surface area contributed by atoms with Crippen molar-refractivity contribution in [2.24, 2.45) is 10.9 Å². The molecular weight excluding hydrogens is 479 g/mol. The van der Waals surface area contributed by atoms with E-state index in [1.54, 1.807) is 18.2 Å². The molecule has 10 heteroatoms. The van der Waals surface area contributed by atoms with Crippen LogP contribution < -0.4 is 15.8 Å². The summed E-state index contributed by atoms with van der Waals surface area (Å²) in [5, 5.41) is 15.1. The SMILES string of the molecule is N#Cc1ccc(-c2nc(N3CCC(N)CC3)nc3ccc(-c4cccc(S(N)(=O)=O)c4)cc23)cc1F. The van der Waals surface area contributed by atoms with Crippen molar-refractivity contribution < 1.29 is 12.8 Å². The van der Waals surface area contributed by atoms with Crippen molar-refractivity contribution in [1.29, 1.82) is 5.26 Å². The van der Waals surface area contributed by atoms with Gasteiger partial charge >= 0.3 is 0 Å². The Labute approximate surface area is 208 Å².